The van der Waals surface area contributed by atoms with Crippen molar-refractivity contribution in [2.75, 3.05) is 33.4 Å². The Labute approximate surface area is 141 Å². The number of methoxy groups -OCH3 is 1. The van der Waals surface area contributed by atoms with Gasteiger partial charge in [0.05, 0.1) is 0 Å². The van der Waals surface area contributed by atoms with E-state index in [2.05, 4.69) is 4.90 Å². The number of halogens is 1. The maximum absolute atomic E-state index is 12.0. The first-order chi connectivity index (χ1) is 11.0. The number of hydrogen-bond acceptors (Lipinski definition) is 4. The minimum absolute atomic E-state index is 0.0560. The molecule has 1 aliphatic rings. The highest BCUT2D eigenvalue weighted by Gasteiger charge is 2.30. The summed E-state index contributed by atoms with van der Waals surface area (Å²) < 4.78 is 4.90. The van der Waals surface area contributed by atoms with E-state index in [1.807, 2.05) is 24.3 Å². The largest absolute Gasteiger partial charge is 0.375 e. The molecule has 2 rings (SSSR count). The van der Waals surface area contributed by atoms with Crippen molar-refractivity contribution in [2.24, 2.45) is 5.73 Å². The van der Waals surface area contributed by atoms with E-state index in [0.717, 1.165) is 5.56 Å². The molecule has 1 atom stereocenters. The molecule has 0 radical (unpaired) electrons. The second kappa shape index (κ2) is 8.29. The molecule has 1 saturated heterocycles. The number of rotatable bonds is 6. The molecule has 23 heavy (non-hydrogen) atoms. The Kier molecular flexibility index (Phi) is 6.38. The Bertz CT molecular complexity index is 550. The molecule has 7 heteroatoms. The third-order valence-corrected chi connectivity index (χ3v) is 4.21. The van der Waals surface area contributed by atoms with Gasteiger partial charge in [-0.1, -0.05) is 23.7 Å². The number of primary amides is 1. The van der Waals surface area contributed by atoms with Gasteiger partial charge in [-0.15, -0.1) is 0 Å². The fourth-order valence-corrected chi connectivity index (χ4v) is 2.92. The monoisotopic (exact) mass is 339 g/mol. The Morgan fingerprint density at radius 2 is 2.00 bits per heavy atom. The molecule has 1 unspecified atom stereocenters. The van der Waals surface area contributed by atoms with Crippen LogP contribution in [0.5, 0.6) is 0 Å². The van der Waals surface area contributed by atoms with Crippen molar-refractivity contribution in [1.29, 1.82) is 0 Å². The van der Waals surface area contributed by atoms with E-state index in [9.17, 15) is 9.59 Å². The smallest absolute Gasteiger partial charge is 0.248 e. The van der Waals surface area contributed by atoms with Gasteiger partial charge in [-0.25, -0.2) is 0 Å². The molecular weight excluding hydrogens is 318 g/mol. The van der Waals surface area contributed by atoms with Gasteiger partial charge in [-0.3, -0.25) is 14.5 Å². The number of carbonyl (C=O) groups is 2. The highest BCUT2D eigenvalue weighted by molar-refractivity contribution is 6.30. The second-order valence-corrected chi connectivity index (χ2v) is 6.13. The maximum Gasteiger partial charge on any atom is 0.248 e. The van der Waals surface area contributed by atoms with Crippen molar-refractivity contribution in [3.8, 4) is 0 Å². The van der Waals surface area contributed by atoms with Crippen molar-refractivity contribution in [1.82, 2.24) is 9.80 Å². The third kappa shape index (κ3) is 5.20. The van der Waals surface area contributed by atoms with E-state index in [0.29, 0.717) is 31.2 Å². The normalized spacial score (nSPS) is 18.9. The summed E-state index contributed by atoms with van der Waals surface area (Å²) in [6.45, 7) is 2.54. The van der Waals surface area contributed by atoms with Crippen LogP contribution in [0.3, 0.4) is 0 Å². The molecule has 0 aliphatic carbocycles. The number of ether oxygens (including phenoxy) is 1. The lowest BCUT2D eigenvalue weighted by Gasteiger charge is -2.41. The van der Waals surface area contributed by atoms with Crippen LogP contribution in [-0.4, -0.2) is 61.0 Å². The number of nitrogens with zero attached hydrogens (tertiary/aromatic N) is 2. The zero-order valence-corrected chi connectivity index (χ0v) is 14.0. The van der Waals surface area contributed by atoms with Crippen molar-refractivity contribution >= 4 is 23.4 Å². The van der Waals surface area contributed by atoms with Crippen molar-refractivity contribution in [3.63, 3.8) is 0 Å². The van der Waals surface area contributed by atoms with Gasteiger partial charge in [-0.2, -0.15) is 0 Å². The summed E-state index contributed by atoms with van der Waals surface area (Å²) >= 11 is 5.90. The lowest BCUT2D eigenvalue weighted by molar-refractivity contribution is -0.139. The number of benzene rings is 1. The van der Waals surface area contributed by atoms with Crippen molar-refractivity contribution < 1.29 is 14.3 Å². The first-order valence-electron chi connectivity index (χ1n) is 7.53. The molecule has 1 fully saturated rings. The third-order valence-electron chi connectivity index (χ3n) is 3.96. The van der Waals surface area contributed by atoms with Gasteiger partial charge in [0.25, 0.3) is 0 Å². The average Bonchev–Trinajstić information content (AvgIpc) is 2.51. The lowest BCUT2D eigenvalue weighted by Crippen LogP contribution is -2.55. The fourth-order valence-electron chi connectivity index (χ4n) is 2.79. The van der Waals surface area contributed by atoms with Crippen LogP contribution >= 0.6 is 11.6 Å². The van der Waals surface area contributed by atoms with Crippen LogP contribution < -0.4 is 5.73 Å². The molecule has 1 aromatic carbocycles. The van der Waals surface area contributed by atoms with Crippen molar-refractivity contribution in [3.05, 3.63) is 34.9 Å². The summed E-state index contributed by atoms with van der Waals surface area (Å²) in [4.78, 5) is 27.3. The van der Waals surface area contributed by atoms with Crippen LogP contribution in [0.2, 0.25) is 5.02 Å². The van der Waals surface area contributed by atoms with Gasteiger partial charge in [0.15, 0.2) is 0 Å². The van der Waals surface area contributed by atoms with E-state index >= 15 is 0 Å². The molecule has 0 spiro atoms. The van der Waals surface area contributed by atoms with Gasteiger partial charge in [0.2, 0.25) is 11.8 Å². The molecule has 2 amide bonds. The predicted molar refractivity (Wildman–Crippen MR) is 87.9 cm³/mol. The van der Waals surface area contributed by atoms with Crippen molar-refractivity contribution in [2.45, 2.75) is 19.0 Å². The van der Waals surface area contributed by atoms with Crippen LogP contribution in [0, 0.1) is 0 Å². The molecule has 6 nitrogen and oxygen atoms in total. The topological polar surface area (TPSA) is 75.9 Å². The molecule has 2 N–H and O–H groups in total. The summed E-state index contributed by atoms with van der Waals surface area (Å²) in [5.41, 5.74) is 6.48. The Morgan fingerprint density at radius 1 is 1.30 bits per heavy atom. The number of amides is 2. The Hall–Kier alpha value is -1.63. The number of piperazine rings is 1. The van der Waals surface area contributed by atoms with Crippen LogP contribution in [0.15, 0.2) is 24.3 Å². The summed E-state index contributed by atoms with van der Waals surface area (Å²) in [6.07, 6.45) is 0.227. The standard InChI is InChI=1S/C16H22ClN3O3/c1-23-11-16(22)20-7-6-19(14(10-20)8-15(18)21)9-12-2-4-13(17)5-3-12/h2-5,14H,6-11H2,1H3,(H2,18,21). The first kappa shape index (κ1) is 17.7. The van der Waals surface area contributed by atoms with Gasteiger partial charge >= 0.3 is 0 Å². The zero-order valence-electron chi connectivity index (χ0n) is 13.2. The molecule has 0 bridgehead atoms. The Morgan fingerprint density at radius 3 is 2.61 bits per heavy atom. The van der Waals surface area contributed by atoms with Gasteiger partial charge in [0.1, 0.15) is 6.61 Å². The fraction of sp³-hybridized carbons (Fsp3) is 0.500. The lowest BCUT2D eigenvalue weighted by atomic mass is 10.1. The van der Waals surface area contributed by atoms with Crippen LogP contribution in [0.1, 0.15) is 12.0 Å². The molecular formula is C16H22ClN3O3. The summed E-state index contributed by atoms with van der Waals surface area (Å²) in [5, 5.41) is 0.692. The summed E-state index contributed by atoms with van der Waals surface area (Å²) in [6, 6.07) is 7.53. The second-order valence-electron chi connectivity index (χ2n) is 5.69. The van der Waals surface area contributed by atoms with E-state index in [4.69, 9.17) is 22.1 Å². The SMILES string of the molecule is COCC(=O)N1CCN(Cc2ccc(Cl)cc2)C(CC(N)=O)C1. The number of carbonyl (C=O) groups excluding carboxylic acids is 2. The molecule has 126 valence electrons. The zero-order chi connectivity index (χ0) is 16.8. The maximum atomic E-state index is 12.0. The molecule has 1 aromatic rings. The minimum atomic E-state index is -0.364. The Balaban J connectivity index is 2.04. The van der Waals surface area contributed by atoms with Gasteiger partial charge in [0, 0.05) is 50.8 Å². The van der Waals surface area contributed by atoms with E-state index < -0.39 is 0 Å². The van der Waals surface area contributed by atoms with Crippen LogP contribution in [0.25, 0.3) is 0 Å². The predicted octanol–water partition coefficient (Wildman–Crippen LogP) is 0.875. The molecule has 1 heterocycles. The van der Waals surface area contributed by atoms with Crippen LogP contribution in [-0.2, 0) is 20.9 Å². The van der Waals surface area contributed by atoms with E-state index in [-0.39, 0.29) is 30.9 Å². The van der Waals surface area contributed by atoms with Gasteiger partial charge in [-0.05, 0) is 17.7 Å². The average molecular weight is 340 g/mol. The van der Waals surface area contributed by atoms with Gasteiger partial charge < -0.3 is 15.4 Å². The molecule has 0 saturated carbocycles. The highest BCUT2D eigenvalue weighted by Crippen LogP contribution is 2.18. The quantitative estimate of drug-likeness (QED) is 0.834. The first-order valence-corrected chi connectivity index (χ1v) is 7.91. The van der Waals surface area contributed by atoms with E-state index in [1.54, 1.807) is 4.90 Å². The molecule has 0 aromatic heterocycles. The number of nitrogens with two attached hydrogens (primary N) is 1. The molecule has 1 aliphatic heterocycles. The highest BCUT2D eigenvalue weighted by atomic mass is 35.5. The summed E-state index contributed by atoms with van der Waals surface area (Å²) in [5.74, 6) is -0.426. The number of hydrogen-bond donors (Lipinski definition) is 1. The van der Waals surface area contributed by atoms with Crippen LogP contribution in [0.4, 0.5) is 0 Å². The minimum Gasteiger partial charge on any atom is -0.375 e. The summed E-state index contributed by atoms with van der Waals surface area (Å²) in [7, 11) is 1.50. The van der Waals surface area contributed by atoms with E-state index in [1.165, 1.54) is 7.11 Å².